The molecule has 0 radical (unpaired) electrons. The first-order chi connectivity index (χ1) is 20.0. The molecule has 42 heavy (non-hydrogen) atoms. The van der Waals surface area contributed by atoms with Gasteiger partial charge in [-0.25, -0.2) is 21.6 Å². The molecule has 0 aliphatic rings. The summed E-state index contributed by atoms with van der Waals surface area (Å²) in [7, 11) is -5.08. The Hall–Kier alpha value is -0.410. The fourth-order valence-corrected chi connectivity index (χ4v) is 6.44. The van der Waals surface area contributed by atoms with Crippen LogP contribution in [0.5, 0.6) is 0 Å². The van der Waals surface area contributed by atoms with Crippen molar-refractivity contribution in [3.63, 3.8) is 0 Å². The second-order valence-corrected chi connectivity index (χ2v) is 13.6. The van der Waals surface area contributed by atoms with Crippen LogP contribution in [0.4, 0.5) is 17.6 Å². The monoisotopic (exact) mass is 633 g/mol. The summed E-state index contributed by atoms with van der Waals surface area (Å²) in [6.07, 6.45) is 8.41. The van der Waals surface area contributed by atoms with Gasteiger partial charge >= 0.3 is 0 Å². The number of rotatable bonds is 28. The van der Waals surface area contributed by atoms with Gasteiger partial charge in [0.15, 0.2) is 6.17 Å². The molecule has 4 atom stereocenters. The number of hydrogen-bond donors (Lipinski definition) is 0. The van der Waals surface area contributed by atoms with Gasteiger partial charge in [-0.3, -0.25) is 4.39 Å². The van der Waals surface area contributed by atoms with Gasteiger partial charge in [-0.2, -0.15) is 0 Å². The lowest BCUT2D eigenvalue weighted by Crippen LogP contribution is -2.47. The van der Waals surface area contributed by atoms with E-state index in [2.05, 4.69) is 34.6 Å². The molecule has 0 aromatic heterocycles. The first kappa shape index (κ1) is 43.7. The maximum absolute atomic E-state index is 14.3. The van der Waals surface area contributed by atoms with E-state index in [4.69, 9.17) is 0 Å². The third-order valence-corrected chi connectivity index (χ3v) is 10.3. The Kier molecular flexibility index (Phi) is 29.2. The number of hydrogen-bond acceptors (Lipinski definition) is 3. The number of unbranched alkanes of at least 4 members (excludes halogenated alkanes) is 15. The molecular formula is C33H67F4NO3S. The smallest absolute Gasteiger partial charge is 0.163 e. The second-order valence-electron chi connectivity index (χ2n) is 12.0. The Morgan fingerprint density at radius 1 is 0.548 bits per heavy atom. The summed E-state index contributed by atoms with van der Waals surface area (Å²) in [6.45, 7) is 15.8. The van der Waals surface area contributed by atoms with Crippen LogP contribution in [0.1, 0.15) is 157 Å². The van der Waals surface area contributed by atoms with Crippen molar-refractivity contribution in [3.8, 4) is 0 Å². The Labute approximate surface area is 258 Å². The molecule has 0 rings (SSSR count). The number of alkyl halides is 4. The van der Waals surface area contributed by atoms with Crippen molar-refractivity contribution in [2.24, 2.45) is 0 Å². The first-order valence-electron chi connectivity index (χ1n) is 17.3. The zero-order chi connectivity index (χ0) is 32.3. The largest absolute Gasteiger partial charge is 0.748 e. The molecule has 0 fully saturated rings. The van der Waals surface area contributed by atoms with Gasteiger partial charge in [-0.1, -0.05) is 103 Å². The van der Waals surface area contributed by atoms with Crippen molar-refractivity contribution in [1.82, 2.24) is 0 Å². The lowest BCUT2D eigenvalue weighted by molar-refractivity contribution is -0.921. The van der Waals surface area contributed by atoms with Crippen LogP contribution in [-0.2, 0) is 10.1 Å². The number of halogens is 4. The SMILES string of the molecule is CCCCCCCCCCCCCCCCCC(C(F)C(F)C(F)CCCCF)S(=O)(=O)[O-].CC[N+](CC)(CC)CC. The third-order valence-electron chi connectivity index (χ3n) is 9.01. The molecule has 0 aliphatic heterocycles. The zero-order valence-corrected chi connectivity index (χ0v) is 28.7. The van der Waals surface area contributed by atoms with Crippen LogP contribution in [0.3, 0.4) is 0 Å². The molecule has 0 spiro atoms. The number of nitrogens with zero attached hydrogens (tertiary/aromatic N) is 1. The molecule has 256 valence electrons. The molecule has 0 aromatic carbocycles. The average molecular weight is 634 g/mol. The predicted octanol–water partition coefficient (Wildman–Crippen LogP) is 10.2. The van der Waals surface area contributed by atoms with Gasteiger partial charge in [0.05, 0.1) is 38.1 Å². The Morgan fingerprint density at radius 2 is 0.905 bits per heavy atom. The summed E-state index contributed by atoms with van der Waals surface area (Å²) in [6, 6.07) is 0. The highest BCUT2D eigenvalue weighted by atomic mass is 32.2. The standard InChI is InChI=1S/C25H48F4O3S.C8H20N/c1-2-3-4-5-6-7-8-9-10-11-12-13-14-15-16-20-23(33(30,31)32)25(29)24(28)22(27)19-17-18-21-26;1-5-9(6-2,7-3)8-4/h22-25H,2-21H2,1H3,(H,30,31,32);5-8H2,1-4H3/q;+1/p-1. The highest BCUT2D eigenvalue weighted by Crippen LogP contribution is 2.26. The van der Waals surface area contributed by atoms with E-state index < -0.39 is 47.0 Å². The molecule has 0 saturated heterocycles. The molecule has 0 bridgehead atoms. The summed E-state index contributed by atoms with van der Waals surface area (Å²) in [5, 5.41) is -2.08. The quantitative estimate of drug-likeness (QED) is 0.0373. The second kappa shape index (κ2) is 28.1. The van der Waals surface area contributed by atoms with E-state index >= 15 is 0 Å². The minimum atomic E-state index is -5.08. The van der Waals surface area contributed by atoms with Crippen LogP contribution in [0.15, 0.2) is 0 Å². The molecule has 4 nitrogen and oxygen atoms in total. The summed E-state index contributed by atoms with van der Waals surface area (Å²) in [5.74, 6) is 0. The van der Waals surface area contributed by atoms with E-state index in [0.29, 0.717) is 6.42 Å². The highest BCUT2D eigenvalue weighted by molar-refractivity contribution is 7.86. The molecule has 0 aliphatic carbocycles. The normalized spacial score (nSPS) is 15.1. The van der Waals surface area contributed by atoms with Gasteiger partial charge in [0.1, 0.15) is 22.5 Å². The summed E-state index contributed by atoms with van der Waals surface area (Å²) in [5.41, 5.74) is 0. The molecule has 0 heterocycles. The van der Waals surface area contributed by atoms with Gasteiger partial charge in [-0.15, -0.1) is 0 Å². The molecule has 4 unspecified atom stereocenters. The van der Waals surface area contributed by atoms with Crippen molar-refractivity contribution < 1.29 is 35.0 Å². The van der Waals surface area contributed by atoms with Gasteiger partial charge in [0.25, 0.3) is 0 Å². The van der Waals surface area contributed by atoms with Gasteiger partial charge in [-0.05, 0) is 53.4 Å². The van der Waals surface area contributed by atoms with Gasteiger partial charge < -0.3 is 9.04 Å². The maximum Gasteiger partial charge on any atom is 0.163 e. The number of quaternary nitrogens is 1. The lowest BCUT2D eigenvalue weighted by Gasteiger charge is -2.34. The molecular weight excluding hydrogens is 566 g/mol. The van der Waals surface area contributed by atoms with E-state index in [0.717, 1.165) is 25.7 Å². The first-order valence-corrected chi connectivity index (χ1v) is 18.7. The molecule has 0 N–H and O–H groups in total. The molecule has 0 aromatic rings. The van der Waals surface area contributed by atoms with Crippen molar-refractivity contribution in [2.45, 2.75) is 180 Å². The molecule has 9 heteroatoms. The van der Waals surface area contributed by atoms with Crippen molar-refractivity contribution in [3.05, 3.63) is 0 Å². The minimum absolute atomic E-state index is 0.0342. The van der Waals surface area contributed by atoms with E-state index in [1.807, 2.05) is 0 Å². The Morgan fingerprint density at radius 3 is 1.21 bits per heavy atom. The molecule has 0 amide bonds. The molecule has 0 saturated carbocycles. The Balaban J connectivity index is 0. The van der Waals surface area contributed by atoms with Gasteiger partial charge in [0, 0.05) is 0 Å². The fraction of sp³-hybridized carbons (Fsp3) is 1.00. The van der Waals surface area contributed by atoms with Crippen LogP contribution in [0.2, 0.25) is 0 Å². The van der Waals surface area contributed by atoms with Crippen LogP contribution in [0.25, 0.3) is 0 Å². The summed E-state index contributed by atoms with van der Waals surface area (Å²) in [4.78, 5) is 0. The van der Waals surface area contributed by atoms with E-state index in [1.54, 1.807) is 0 Å². The van der Waals surface area contributed by atoms with Crippen LogP contribution < -0.4 is 0 Å². The van der Waals surface area contributed by atoms with Crippen molar-refractivity contribution in [1.29, 1.82) is 0 Å². The topological polar surface area (TPSA) is 57.2 Å². The zero-order valence-electron chi connectivity index (χ0n) is 27.9. The predicted molar refractivity (Wildman–Crippen MR) is 170 cm³/mol. The van der Waals surface area contributed by atoms with Crippen LogP contribution in [0, 0.1) is 0 Å². The van der Waals surface area contributed by atoms with Crippen molar-refractivity contribution >= 4 is 10.1 Å². The Bertz CT molecular complexity index is 663. The van der Waals surface area contributed by atoms with Crippen molar-refractivity contribution in [2.75, 3.05) is 32.9 Å². The summed E-state index contributed by atoms with van der Waals surface area (Å²) < 4.78 is 89.7. The van der Waals surface area contributed by atoms with E-state index in [-0.39, 0.29) is 25.7 Å². The van der Waals surface area contributed by atoms with E-state index in [9.17, 15) is 30.5 Å². The fourth-order valence-electron chi connectivity index (χ4n) is 5.52. The minimum Gasteiger partial charge on any atom is -0.748 e. The van der Waals surface area contributed by atoms with Gasteiger partial charge in [0.2, 0.25) is 0 Å². The van der Waals surface area contributed by atoms with Crippen LogP contribution in [-0.4, -0.2) is 74.1 Å². The lowest BCUT2D eigenvalue weighted by atomic mass is 10.00. The van der Waals surface area contributed by atoms with Crippen LogP contribution >= 0.6 is 0 Å². The average Bonchev–Trinajstić information content (AvgIpc) is 2.97. The van der Waals surface area contributed by atoms with E-state index in [1.165, 1.54) is 88.4 Å². The highest BCUT2D eigenvalue weighted by Gasteiger charge is 2.38. The maximum atomic E-state index is 14.3. The summed E-state index contributed by atoms with van der Waals surface area (Å²) >= 11 is 0. The third kappa shape index (κ3) is 22.2.